The van der Waals surface area contributed by atoms with Gasteiger partial charge in [0.1, 0.15) is 0 Å². The fourth-order valence-corrected chi connectivity index (χ4v) is 8.85. The fourth-order valence-electron chi connectivity index (χ4n) is 8.49. The molecule has 2 aliphatic rings. The minimum absolute atomic E-state index is 0.0503. The van der Waals surface area contributed by atoms with E-state index < -0.39 is 0 Å². The van der Waals surface area contributed by atoms with E-state index in [9.17, 15) is 0 Å². The first kappa shape index (κ1) is 26.9. The average molecular weight is 642 g/mol. The summed E-state index contributed by atoms with van der Waals surface area (Å²) in [5, 5.41) is 5.13. The maximum atomic E-state index is 3.84. The Hall–Kier alpha value is -4.46. The van der Waals surface area contributed by atoms with Crippen LogP contribution in [0.25, 0.3) is 66.1 Å². The van der Waals surface area contributed by atoms with E-state index in [-0.39, 0.29) is 10.8 Å². The maximum absolute atomic E-state index is 3.84. The molecule has 0 saturated heterocycles. The number of halogens is 1. The lowest BCUT2D eigenvalue weighted by Gasteiger charge is -2.24. The average Bonchev–Trinajstić information content (AvgIpc) is 3.43. The Morgan fingerprint density at radius 2 is 0.800 bits per heavy atom. The Labute approximate surface area is 273 Å². The summed E-state index contributed by atoms with van der Waals surface area (Å²) in [7, 11) is 0. The second-order valence-electron chi connectivity index (χ2n) is 13.8. The van der Waals surface area contributed by atoms with Crippen molar-refractivity contribution in [1.29, 1.82) is 0 Å². The molecule has 2 aliphatic carbocycles. The highest BCUT2D eigenvalue weighted by molar-refractivity contribution is 9.10. The standard InChI is InChI=1S/C44H33Br/c1-43(2)37-15-9-7-11-29(37)31-20-17-26(23-39(31)43)41-33-13-5-6-14-34(33)42(36-25-28(45)19-22-35(36)41)27-18-21-32-30-12-8-10-16-38(30)44(3,4)40(32)24-27/h5-25H,1-4H3. The van der Waals surface area contributed by atoms with Crippen LogP contribution in [-0.2, 0) is 10.8 Å². The van der Waals surface area contributed by atoms with Crippen LogP contribution in [0, 0.1) is 0 Å². The molecule has 7 aromatic rings. The molecular formula is C44H33Br. The smallest absolute Gasteiger partial charge is 0.0181 e. The molecule has 45 heavy (non-hydrogen) atoms. The Kier molecular flexibility index (Phi) is 5.55. The van der Waals surface area contributed by atoms with E-state index in [0.29, 0.717) is 0 Å². The Balaban J connectivity index is 1.32. The van der Waals surface area contributed by atoms with Gasteiger partial charge in [-0.15, -0.1) is 0 Å². The van der Waals surface area contributed by atoms with Crippen LogP contribution in [0.5, 0.6) is 0 Å². The molecule has 0 aliphatic heterocycles. The number of benzene rings is 7. The third-order valence-corrected chi connectivity index (χ3v) is 11.2. The molecule has 0 nitrogen and oxygen atoms in total. The zero-order valence-electron chi connectivity index (χ0n) is 26.0. The molecule has 0 aromatic heterocycles. The normalized spacial score (nSPS) is 15.1. The van der Waals surface area contributed by atoms with Crippen molar-refractivity contribution in [1.82, 2.24) is 0 Å². The lowest BCUT2D eigenvalue weighted by atomic mass is 9.79. The van der Waals surface area contributed by atoms with Crippen LogP contribution in [0.3, 0.4) is 0 Å². The first-order valence-corrected chi connectivity index (χ1v) is 16.7. The van der Waals surface area contributed by atoms with Crippen molar-refractivity contribution in [3.8, 4) is 44.5 Å². The molecule has 0 bridgehead atoms. The summed E-state index contributed by atoms with van der Waals surface area (Å²) in [5.41, 5.74) is 16.1. The van der Waals surface area contributed by atoms with Crippen LogP contribution in [-0.4, -0.2) is 0 Å². The number of rotatable bonds is 2. The summed E-state index contributed by atoms with van der Waals surface area (Å²) in [6, 6.07) is 48.0. The van der Waals surface area contributed by atoms with Gasteiger partial charge in [-0.05, 0) is 113 Å². The van der Waals surface area contributed by atoms with E-state index in [1.807, 2.05) is 0 Å². The van der Waals surface area contributed by atoms with Crippen molar-refractivity contribution < 1.29 is 0 Å². The molecule has 0 unspecified atom stereocenters. The third-order valence-electron chi connectivity index (χ3n) is 10.7. The highest BCUT2D eigenvalue weighted by Gasteiger charge is 2.37. The molecule has 0 atom stereocenters. The first-order chi connectivity index (χ1) is 21.7. The predicted molar refractivity (Wildman–Crippen MR) is 195 cm³/mol. The van der Waals surface area contributed by atoms with Gasteiger partial charge < -0.3 is 0 Å². The summed E-state index contributed by atoms with van der Waals surface area (Å²) in [5.74, 6) is 0. The van der Waals surface area contributed by atoms with Gasteiger partial charge >= 0.3 is 0 Å². The highest BCUT2D eigenvalue weighted by atomic mass is 79.9. The minimum Gasteiger partial charge on any atom is -0.0619 e. The molecule has 0 spiro atoms. The lowest BCUT2D eigenvalue weighted by Crippen LogP contribution is -2.15. The van der Waals surface area contributed by atoms with E-state index in [0.717, 1.165) is 4.47 Å². The molecular weight excluding hydrogens is 608 g/mol. The van der Waals surface area contributed by atoms with Gasteiger partial charge in [0.25, 0.3) is 0 Å². The molecule has 0 amide bonds. The van der Waals surface area contributed by atoms with Crippen LogP contribution in [0.15, 0.2) is 132 Å². The van der Waals surface area contributed by atoms with Crippen molar-refractivity contribution in [3.05, 3.63) is 154 Å². The molecule has 0 N–H and O–H groups in total. The van der Waals surface area contributed by atoms with E-state index in [1.54, 1.807) is 0 Å². The van der Waals surface area contributed by atoms with Gasteiger partial charge in [0.15, 0.2) is 0 Å². The van der Waals surface area contributed by atoms with Crippen LogP contribution >= 0.6 is 15.9 Å². The second kappa shape index (κ2) is 9.28. The molecule has 216 valence electrons. The topological polar surface area (TPSA) is 0 Å². The summed E-state index contributed by atoms with van der Waals surface area (Å²) in [4.78, 5) is 0. The van der Waals surface area contributed by atoms with Crippen molar-refractivity contribution in [2.45, 2.75) is 38.5 Å². The maximum Gasteiger partial charge on any atom is 0.0181 e. The molecule has 0 saturated carbocycles. The van der Waals surface area contributed by atoms with Gasteiger partial charge in [-0.1, -0.05) is 147 Å². The quantitative estimate of drug-likeness (QED) is 0.165. The Morgan fingerprint density at radius 3 is 1.33 bits per heavy atom. The molecule has 7 aromatic carbocycles. The Bertz CT molecular complexity index is 2390. The van der Waals surface area contributed by atoms with Gasteiger partial charge in [0.2, 0.25) is 0 Å². The van der Waals surface area contributed by atoms with Crippen LogP contribution in [0.2, 0.25) is 0 Å². The van der Waals surface area contributed by atoms with Crippen molar-refractivity contribution in [3.63, 3.8) is 0 Å². The van der Waals surface area contributed by atoms with Gasteiger partial charge in [0.05, 0.1) is 0 Å². The van der Waals surface area contributed by atoms with Gasteiger partial charge in [-0.2, -0.15) is 0 Å². The third kappa shape index (κ3) is 3.65. The van der Waals surface area contributed by atoms with E-state index in [1.165, 1.54) is 88.3 Å². The van der Waals surface area contributed by atoms with Gasteiger partial charge in [0, 0.05) is 15.3 Å². The largest absolute Gasteiger partial charge is 0.0619 e. The summed E-state index contributed by atoms with van der Waals surface area (Å²) in [6.45, 7) is 9.47. The van der Waals surface area contributed by atoms with Crippen molar-refractivity contribution >= 4 is 37.5 Å². The van der Waals surface area contributed by atoms with Crippen LogP contribution in [0.4, 0.5) is 0 Å². The van der Waals surface area contributed by atoms with E-state index in [4.69, 9.17) is 0 Å². The van der Waals surface area contributed by atoms with Crippen molar-refractivity contribution in [2.24, 2.45) is 0 Å². The zero-order chi connectivity index (χ0) is 30.7. The molecule has 9 rings (SSSR count). The predicted octanol–water partition coefficient (Wildman–Crippen LogP) is 12.7. The van der Waals surface area contributed by atoms with E-state index >= 15 is 0 Å². The van der Waals surface area contributed by atoms with Gasteiger partial charge in [-0.25, -0.2) is 0 Å². The lowest BCUT2D eigenvalue weighted by molar-refractivity contribution is 0.660. The summed E-state index contributed by atoms with van der Waals surface area (Å²) in [6.07, 6.45) is 0. The molecule has 0 radical (unpaired) electrons. The first-order valence-electron chi connectivity index (χ1n) is 15.9. The summed E-state index contributed by atoms with van der Waals surface area (Å²) < 4.78 is 1.09. The summed E-state index contributed by atoms with van der Waals surface area (Å²) >= 11 is 3.84. The molecule has 1 heteroatoms. The zero-order valence-corrected chi connectivity index (χ0v) is 27.6. The van der Waals surface area contributed by atoms with E-state index in [2.05, 4.69) is 171 Å². The molecule has 0 fully saturated rings. The monoisotopic (exact) mass is 640 g/mol. The van der Waals surface area contributed by atoms with Crippen molar-refractivity contribution in [2.75, 3.05) is 0 Å². The van der Waals surface area contributed by atoms with Crippen LogP contribution in [0.1, 0.15) is 49.9 Å². The van der Waals surface area contributed by atoms with Crippen LogP contribution < -0.4 is 0 Å². The fraction of sp³-hybridized carbons (Fsp3) is 0.136. The highest BCUT2D eigenvalue weighted by Crippen LogP contribution is 2.53. The Morgan fingerprint density at radius 1 is 0.378 bits per heavy atom. The minimum atomic E-state index is -0.0527. The number of hydrogen-bond acceptors (Lipinski definition) is 0. The number of hydrogen-bond donors (Lipinski definition) is 0. The van der Waals surface area contributed by atoms with Gasteiger partial charge in [-0.3, -0.25) is 0 Å². The SMILES string of the molecule is CC1(C)c2ccccc2-c2ccc(-c3c4ccccc4c(-c4ccc5c(c4)C(C)(C)c4ccccc4-5)c4cc(Br)ccc34)cc21. The molecule has 0 heterocycles. The number of fused-ring (bicyclic) bond motifs is 8. The second-order valence-corrected chi connectivity index (χ2v) is 14.8.